The minimum Gasteiger partial charge on any atom is -0.461 e. The van der Waals surface area contributed by atoms with Gasteiger partial charge in [0.25, 0.3) is 0 Å². The lowest BCUT2D eigenvalue weighted by atomic mass is 9.79. The quantitative estimate of drug-likeness (QED) is 0.569. The number of ketones is 1. The first-order valence-electron chi connectivity index (χ1n) is 7.27. The number of Topliss-reactive ketones (excluding diaryl/α,β-unsaturated/α-hetero) is 1. The van der Waals surface area contributed by atoms with Gasteiger partial charge < -0.3 is 9.47 Å². The van der Waals surface area contributed by atoms with Gasteiger partial charge in [-0.15, -0.1) is 0 Å². The maximum absolute atomic E-state index is 12.3. The van der Waals surface area contributed by atoms with Crippen LogP contribution in [0.3, 0.4) is 0 Å². The van der Waals surface area contributed by atoms with Crippen molar-refractivity contribution in [2.24, 2.45) is 17.3 Å². The molecule has 1 aliphatic heterocycles. The van der Waals surface area contributed by atoms with Crippen LogP contribution in [0.15, 0.2) is 24.3 Å². The molecule has 4 heteroatoms. The molecule has 0 amide bonds. The largest absolute Gasteiger partial charge is 0.461 e. The van der Waals surface area contributed by atoms with Crippen molar-refractivity contribution in [1.29, 1.82) is 0 Å². The zero-order valence-corrected chi connectivity index (χ0v) is 11.5. The summed E-state index contributed by atoms with van der Waals surface area (Å²) in [5.74, 6) is -0.146. The van der Waals surface area contributed by atoms with E-state index in [2.05, 4.69) is 0 Å². The Kier molecular flexibility index (Phi) is 2.35. The summed E-state index contributed by atoms with van der Waals surface area (Å²) in [7, 11) is 0. The first-order chi connectivity index (χ1) is 9.57. The zero-order chi connectivity index (χ0) is 14.0. The van der Waals surface area contributed by atoms with Crippen molar-refractivity contribution in [2.45, 2.75) is 37.9 Å². The second-order valence-corrected chi connectivity index (χ2v) is 6.61. The van der Waals surface area contributed by atoms with E-state index < -0.39 is 0 Å². The van der Waals surface area contributed by atoms with E-state index in [-0.39, 0.29) is 40.7 Å². The van der Waals surface area contributed by atoms with Crippen molar-refractivity contribution < 1.29 is 19.1 Å². The monoisotopic (exact) mass is 274 g/mol. The molecule has 0 N–H and O–H groups in total. The van der Waals surface area contributed by atoms with Crippen molar-refractivity contribution in [2.75, 3.05) is 6.61 Å². The molecule has 20 heavy (non-hydrogen) atoms. The summed E-state index contributed by atoms with van der Waals surface area (Å²) < 4.78 is 11.4. The highest BCUT2D eigenvalue weighted by Gasteiger charge is 2.78. The van der Waals surface area contributed by atoms with Crippen LogP contribution < -0.4 is 0 Å². The summed E-state index contributed by atoms with van der Waals surface area (Å²) in [6, 6.07) is 0. The Balaban J connectivity index is 1.51. The SMILES string of the molecule is C[C@]12CC(=O)[C@@H](C[C@H]1OC(=O)C1C=CC=CC1)[C@@]21CO1. The molecule has 3 fully saturated rings. The second-order valence-electron chi connectivity index (χ2n) is 6.61. The van der Waals surface area contributed by atoms with Crippen LogP contribution in [0, 0.1) is 17.3 Å². The molecule has 0 aromatic rings. The number of carbonyl (C=O) groups excluding carboxylic acids is 2. The maximum atomic E-state index is 12.3. The Bertz CT molecular complexity index is 543. The fourth-order valence-corrected chi connectivity index (χ4v) is 4.24. The first-order valence-corrected chi connectivity index (χ1v) is 7.27. The Morgan fingerprint density at radius 1 is 1.45 bits per heavy atom. The number of carbonyl (C=O) groups is 2. The molecule has 0 aromatic heterocycles. The molecule has 4 aliphatic rings. The van der Waals surface area contributed by atoms with Crippen molar-refractivity contribution >= 4 is 11.8 Å². The topological polar surface area (TPSA) is 55.9 Å². The lowest BCUT2D eigenvalue weighted by molar-refractivity contribution is -0.160. The summed E-state index contributed by atoms with van der Waals surface area (Å²) >= 11 is 0. The summed E-state index contributed by atoms with van der Waals surface area (Å²) in [4.78, 5) is 24.2. The van der Waals surface area contributed by atoms with Gasteiger partial charge in [-0.2, -0.15) is 0 Å². The molecular formula is C16H18O4. The molecule has 1 saturated heterocycles. The van der Waals surface area contributed by atoms with Crippen LogP contribution in [0.4, 0.5) is 0 Å². The van der Waals surface area contributed by atoms with E-state index in [0.29, 0.717) is 25.9 Å². The highest BCUT2D eigenvalue weighted by atomic mass is 16.6. The van der Waals surface area contributed by atoms with Crippen molar-refractivity contribution in [3.63, 3.8) is 0 Å². The Morgan fingerprint density at radius 3 is 2.85 bits per heavy atom. The van der Waals surface area contributed by atoms with Crippen LogP contribution in [0.25, 0.3) is 0 Å². The number of hydrogen-bond donors (Lipinski definition) is 0. The molecule has 2 bridgehead atoms. The van der Waals surface area contributed by atoms with Crippen molar-refractivity contribution in [3.05, 3.63) is 24.3 Å². The van der Waals surface area contributed by atoms with Gasteiger partial charge in [-0.25, -0.2) is 0 Å². The van der Waals surface area contributed by atoms with Gasteiger partial charge in [0.05, 0.1) is 18.4 Å². The molecule has 3 aliphatic carbocycles. The number of epoxide rings is 1. The fraction of sp³-hybridized carbons (Fsp3) is 0.625. The third-order valence-corrected chi connectivity index (χ3v) is 5.62. The van der Waals surface area contributed by atoms with Crippen LogP contribution in [0.2, 0.25) is 0 Å². The van der Waals surface area contributed by atoms with Crippen molar-refractivity contribution in [3.8, 4) is 0 Å². The lowest BCUT2D eigenvalue weighted by Gasteiger charge is -2.32. The highest BCUT2D eigenvalue weighted by molar-refractivity contribution is 5.89. The number of hydrogen-bond acceptors (Lipinski definition) is 4. The average Bonchev–Trinajstić information content (AvgIpc) is 3.17. The van der Waals surface area contributed by atoms with Crippen LogP contribution in [0.5, 0.6) is 0 Å². The summed E-state index contributed by atoms with van der Waals surface area (Å²) in [6.07, 6.45) is 9.31. The van der Waals surface area contributed by atoms with E-state index in [1.54, 1.807) is 0 Å². The van der Waals surface area contributed by atoms with E-state index in [1.165, 1.54) is 0 Å². The molecule has 1 unspecified atom stereocenters. The van der Waals surface area contributed by atoms with E-state index in [0.717, 1.165) is 0 Å². The molecule has 0 aromatic carbocycles. The third kappa shape index (κ3) is 1.40. The number of allylic oxidation sites excluding steroid dienone is 3. The van der Waals surface area contributed by atoms with E-state index in [9.17, 15) is 9.59 Å². The van der Waals surface area contributed by atoms with Gasteiger partial charge in [-0.1, -0.05) is 31.2 Å². The molecule has 4 nitrogen and oxygen atoms in total. The average molecular weight is 274 g/mol. The molecule has 1 heterocycles. The van der Waals surface area contributed by atoms with Gasteiger partial charge in [0.15, 0.2) is 0 Å². The van der Waals surface area contributed by atoms with Crippen molar-refractivity contribution in [1.82, 2.24) is 0 Å². The van der Waals surface area contributed by atoms with Gasteiger partial charge in [-0.3, -0.25) is 9.59 Å². The first kappa shape index (κ1) is 12.3. The molecule has 2 saturated carbocycles. The highest BCUT2D eigenvalue weighted by Crippen LogP contribution is 2.67. The van der Waals surface area contributed by atoms with Crippen LogP contribution in [-0.4, -0.2) is 30.1 Å². The summed E-state index contributed by atoms with van der Waals surface area (Å²) in [5, 5.41) is 0. The van der Waals surface area contributed by atoms with E-state index >= 15 is 0 Å². The fourth-order valence-electron chi connectivity index (χ4n) is 4.24. The minimum atomic E-state index is -0.322. The van der Waals surface area contributed by atoms with Gasteiger partial charge >= 0.3 is 5.97 Å². The summed E-state index contributed by atoms with van der Waals surface area (Å²) in [5.41, 5.74) is -0.643. The number of esters is 1. The zero-order valence-electron chi connectivity index (χ0n) is 11.5. The predicted octanol–water partition coefficient (Wildman–Crippen LogP) is 1.80. The second kappa shape index (κ2) is 3.82. The molecule has 5 atom stereocenters. The van der Waals surface area contributed by atoms with Crippen LogP contribution in [0.1, 0.15) is 26.2 Å². The Labute approximate surface area is 117 Å². The van der Waals surface area contributed by atoms with Crippen LogP contribution >= 0.6 is 0 Å². The smallest absolute Gasteiger partial charge is 0.313 e. The minimum absolute atomic E-state index is 0.0629. The number of rotatable bonds is 2. The van der Waals surface area contributed by atoms with E-state index in [1.807, 2.05) is 31.2 Å². The molecule has 1 spiro atoms. The molecule has 4 rings (SSSR count). The third-order valence-electron chi connectivity index (χ3n) is 5.62. The summed E-state index contributed by atoms with van der Waals surface area (Å²) in [6.45, 7) is 2.68. The predicted molar refractivity (Wildman–Crippen MR) is 70.8 cm³/mol. The Morgan fingerprint density at radius 2 is 2.25 bits per heavy atom. The maximum Gasteiger partial charge on any atom is 0.313 e. The standard InChI is InChI=1S/C16H18O4/c1-15-8-12(17)11(16(15)9-19-16)7-13(15)20-14(18)10-5-3-2-4-6-10/h2-5,10-11,13H,6-9H2,1H3/t10?,11-,13-,15+,16+/m1/s1. The van der Waals surface area contributed by atoms with Crippen LogP contribution in [-0.2, 0) is 19.1 Å². The van der Waals surface area contributed by atoms with Gasteiger partial charge in [0.2, 0.25) is 0 Å². The Hall–Kier alpha value is -1.42. The van der Waals surface area contributed by atoms with Gasteiger partial charge in [0, 0.05) is 11.8 Å². The van der Waals surface area contributed by atoms with Gasteiger partial charge in [0.1, 0.15) is 17.5 Å². The molecule has 106 valence electrons. The molecule has 0 radical (unpaired) electrons. The van der Waals surface area contributed by atoms with E-state index in [4.69, 9.17) is 9.47 Å². The van der Waals surface area contributed by atoms with Gasteiger partial charge in [-0.05, 0) is 12.8 Å². The normalized spacial score (nSPS) is 48.0. The lowest BCUT2D eigenvalue weighted by Crippen LogP contribution is -2.40. The number of ether oxygens (including phenoxy) is 2. The molecular weight excluding hydrogens is 256 g/mol.